The van der Waals surface area contributed by atoms with Crippen molar-refractivity contribution >= 4 is 35.5 Å². The highest BCUT2D eigenvalue weighted by molar-refractivity contribution is 7.80. The molecule has 0 fully saturated rings. The molecule has 0 bridgehead atoms. The smallest absolute Gasteiger partial charge is 0.416 e. The van der Waals surface area contributed by atoms with Crippen LogP contribution in [0, 0.1) is 0 Å². The van der Waals surface area contributed by atoms with Crippen molar-refractivity contribution in [3.8, 4) is 11.4 Å². The third-order valence-electron chi connectivity index (χ3n) is 4.06. The van der Waals surface area contributed by atoms with E-state index in [4.69, 9.17) is 27.1 Å². The Morgan fingerprint density at radius 1 is 0.842 bits per heavy atom. The standard InChI is InChI=1S/C10H7F3N4O.C9H7F3N2OS.CH2O2.CH4/c11-10(12,13)7-2-5(8(14)18)1-6(3-7)9-15-4-16-17-9;10-9(11,12)6-2-4(7(13)15)1-5(3-6)8(14)16;2-1-3;/h1-4H,(H2,14,18)(H,15,16,17);1-3H,(H2,13,15)(H2,14,16);1H,(H,2,3);1H4. The van der Waals surface area contributed by atoms with Gasteiger partial charge in [0.15, 0.2) is 5.82 Å². The van der Waals surface area contributed by atoms with Gasteiger partial charge in [-0.2, -0.15) is 31.4 Å². The summed E-state index contributed by atoms with van der Waals surface area (Å²) in [5.41, 5.74) is 12.7. The van der Waals surface area contributed by atoms with Crippen LogP contribution < -0.4 is 17.2 Å². The number of halogens is 6. The number of hydrogen-bond donors (Lipinski definition) is 5. The van der Waals surface area contributed by atoms with Gasteiger partial charge in [-0.15, -0.1) is 0 Å². The Morgan fingerprint density at radius 3 is 1.63 bits per heavy atom. The number of nitrogens with one attached hydrogen (secondary N) is 1. The minimum absolute atomic E-state index is 0. The van der Waals surface area contributed by atoms with Crippen LogP contribution in [0.25, 0.3) is 11.4 Å². The van der Waals surface area contributed by atoms with E-state index in [0.29, 0.717) is 12.1 Å². The molecule has 0 saturated heterocycles. The maximum absolute atomic E-state index is 12.7. The van der Waals surface area contributed by atoms with Crippen molar-refractivity contribution in [2.24, 2.45) is 17.2 Å². The van der Waals surface area contributed by atoms with Crippen LogP contribution in [-0.4, -0.2) is 43.6 Å². The van der Waals surface area contributed by atoms with Crippen molar-refractivity contribution in [3.05, 3.63) is 70.5 Å². The van der Waals surface area contributed by atoms with Crippen molar-refractivity contribution in [2.45, 2.75) is 19.8 Å². The van der Waals surface area contributed by atoms with Crippen molar-refractivity contribution in [2.75, 3.05) is 0 Å². The monoisotopic (exact) mass is 566 g/mol. The predicted octanol–water partition coefficient (Wildman–Crippen LogP) is 3.36. The quantitative estimate of drug-likeness (QED) is 0.180. The van der Waals surface area contributed by atoms with Crippen molar-refractivity contribution in [1.82, 2.24) is 15.2 Å². The average molecular weight is 566 g/mol. The number of aromatic amines is 1. The maximum atomic E-state index is 12.7. The third-order valence-corrected chi connectivity index (χ3v) is 4.30. The summed E-state index contributed by atoms with van der Waals surface area (Å²) in [5, 5.41) is 12.8. The molecule has 206 valence electrons. The summed E-state index contributed by atoms with van der Waals surface area (Å²) in [6.07, 6.45) is -8.00. The molecule has 38 heavy (non-hydrogen) atoms. The Bertz CT molecular complexity index is 1250. The average Bonchev–Trinajstić information content (AvgIpc) is 3.33. The number of carbonyl (C=O) groups is 3. The summed E-state index contributed by atoms with van der Waals surface area (Å²) in [7, 11) is 0. The number of hydrogen-bond acceptors (Lipinski definition) is 6. The van der Waals surface area contributed by atoms with Crippen LogP contribution in [0.5, 0.6) is 0 Å². The molecule has 0 aliphatic rings. The number of benzene rings is 2. The summed E-state index contributed by atoms with van der Waals surface area (Å²) in [6.45, 7) is -0.250. The van der Waals surface area contributed by atoms with Crippen molar-refractivity contribution in [3.63, 3.8) is 0 Å². The van der Waals surface area contributed by atoms with E-state index in [1.54, 1.807) is 0 Å². The van der Waals surface area contributed by atoms with Gasteiger partial charge in [0, 0.05) is 22.3 Å². The number of thiocarbonyl (C=S) groups is 1. The molecular formula is C21H20F6N6O4S. The van der Waals surface area contributed by atoms with Gasteiger partial charge in [0.05, 0.1) is 11.1 Å². The fraction of sp³-hybridized carbons (Fsp3) is 0.143. The van der Waals surface area contributed by atoms with E-state index >= 15 is 0 Å². The number of aromatic nitrogens is 3. The van der Waals surface area contributed by atoms with Gasteiger partial charge in [0.25, 0.3) is 6.47 Å². The summed E-state index contributed by atoms with van der Waals surface area (Å²) in [4.78, 5) is 33.7. The summed E-state index contributed by atoms with van der Waals surface area (Å²) in [6, 6.07) is 5.34. The molecule has 1 aromatic heterocycles. The van der Waals surface area contributed by atoms with Gasteiger partial charge in [-0.3, -0.25) is 19.5 Å². The number of nitrogens with zero attached hydrogens (tertiary/aromatic N) is 2. The van der Waals surface area contributed by atoms with Crippen LogP contribution in [-0.2, 0) is 17.1 Å². The second-order valence-electron chi connectivity index (χ2n) is 6.63. The molecule has 0 radical (unpaired) electrons. The lowest BCUT2D eigenvalue weighted by Crippen LogP contribution is -2.17. The van der Waals surface area contributed by atoms with E-state index in [0.717, 1.165) is 24.5 Å². The first-order valence-corrected chi connectivity index (χ1v) is 9.69. The minimum atomic E-state index is -4.58. The molecule has 0 saturated carbocycles. The van der Waals surface area contributed by atoms with E-state index in [-0.39, 0.29) is 47.0 Å². The number of primary amides is 2. The van der Waals surface area contributed by atoms with Gasteiger partial charge in [0.1, 0.15) is 11.3 Å². The molecule has 0 aliphatic carbocycles. The third kappa shape index (κ3) is 9.84. The number of H-pyrrole nitrogens is 1. The topological polar surface area (TPSA) is 191 Å². The van der Waals surface area contributed by atoms with E-state index in [1.165, 1.54) is 6.07 Å². The van der Waals surface area contributed by atoms with Crippen LogP contribution in [0.2, 0.25) is 0 Å². The Balaban J connectivity index is 0.000000642. The molecule has 8 N–H and O–H groups in total. The van der Waals surface area contributed by atoms with Gasteiger partial charge < -0.3 is 22.3 Å². The summed E-state index contributed by atoms with van der Waals surface area (Å²) in [5.74, 6) is -1.78. The minimum Gasteiger partial charge on any atom is -0.483 e. The first kappa shape index (κ1) is 33.5. The predicted molar refractivity (Wildman–Crippen MR) is 127 cm³/mol. The lowest BCUT2D eigenvalue weighted by atomic mass is 10.0. The van der Waals surface area contributed by atoms with Crippen LogP contribution in [0.4, 0.5) is 26.3 Å². The molecule has 2 aromatic carbocycles. The zero-order chi connectivity index (χ0) is 28.6. The molecule has 3 aromatic rings. The van der Waals surface area contributed by atoms with Crippen LogP contribution in [0.1, 0.15) is 44.8 Å². The Hall–Kier alpha value is -4.54. The molecular weight excluding hydrogens is 546 g/mol. The first-order chi connectivity index (χ1) is 17.0. The normalized spacial score (nSPS) is 10.5. The first-order valence-electron chi connectivity index (χ1n) is 9.28. The number of alkyl halides is 6. The molecule has 17 heteroatoms. The highest BCUT2D eigenvalue weighted by Gasteiger charge is 2.32. The Morgan fingerprint density at radius 2 is 1.26 bits per heavy atom. The second-order valence-corrected chi connectivity index (χ2v) is 7.07. The summed E-state index contributed by atoms with van der Waals surface area (Å²) < 4.78 is 75.3. The zero-order valence-electron chi connectivity index (χ0n) is 18.1. The number of nitrogens with two attached hydrogens (primary N) is 3. The fourth-order valence-electron chi connectivity index (χ4n) is 2.49. The van der Waals surface area contributed by atoms with Gasteiger partial charge in [0.2, 0.25) is 11.8 Å². The second kappa shape index (κ2) is 13.7. The van der Waals surface area contributed by atoms with E-state index < -0.39 is 35.3 Å². The lowest BCUT2D eigenvalue weighted by Gasteiger charge is -2.10. The number of carbonyl (C=O) groups excluding carboxylic acids is 2. The zero-order valence-corrected chi connectivity index (χ0v) is 18.9. The van der Waals surface area contributed by atoms with E-state index in [9.17, 15) is 35.9 Å². The summed E-state index contributed by atoms with van der Waals surface area (Å²) >= 11 is 4.55. The molecule has 0 spiro atoms. The van der Waals surface area contributed by atoms with Gasteiger partial charge in [-0.25, -0.2) is 4.98 Å². The van der Waals surface area contributed by atoms with Crippen molar-refractivity contribution < 1.29 is 45.8 Å². The fourth-order valence-corrected chi connectivity index (χ4v) is 2.61. The molecule has 10 nitrogen and oxygen atoms in total. The van der Waals surface area contributed by atoms with Crippen LogP contribution >= 0.6 is 12.2 Å². The molecule has 0 atom stereocenters. The molecule has 0 unspecified atom stereocenters. The van der Waals surface area contributed by atoms with Crippen LogP contribution in [0.15, 0.2) is 42.7 Å². The number of rotatable bonds is 4. The highest BCUT2D eigenvalue weighted by atomic mass is 32.1. The number of amides is 2. The Kier molecular flexibility index (Phi) is 12.0. The van der Waals surface area contributed by atoms with Gasteiger partial charge in [-0.1, -0.05) is 19.6 Å². The SMILES string of the molecule is C.NC(=O)c1cc(-c2ncn[nH]2)cc(C(F)(F)F)c1.NC(=O)c1cc(C(N)=S)cc(C(F)(F)F)c1.O=CO. The van der Waals surface area contributed by atoms with Crippen LogP contribution in [0.3, 0.4) is 0 Å². The van der Waals surface area contributed by atoms with E-state index in [1.807, 2.05) is 0 Å². The number of carboxylic acid groups (broad SMARTS) is 1. The van der Waals surface area contributed by atoms with E-state index in [2.05, 4.69) is 27.4 Å². The Labute approximate surface area is 215 Å². The molecule has 2 amide bonds. The lowest BCUT2D eigenvalue weighted by molar-refractivity contribution is -0.138. The molecule has 0 aliphatic heterocycles. The molecule has 1 heterocycles. The van der Waals surface area contributed by atoms with Gasteiger partial charge in [-0.05, 0) is 36.4 Å². The largest absolute Gasteiger partial charge is 0.483 e. The van der Waals surface area contributed by atoms with Crippen molar-refractivity contribution in [1.29, 1.82) is 0 Å². The maximum Gasteiger partial charge on any atom is 0.416 e. The van der Waals surface area contributed by atoms with Gasteiger partial charge >= 0.3 is 12.4 Å². The molecule has 3 rings (SSSR count). The highest BCUT2D eigenvalue weighted by Crippen LogP contribution is 2.33.